The van der Waals surface area contributed by atoms with Crippen molar-refractivity contribution in [2.45, 2.75) is 58.2 Å². The van der Waals surface area contributed by atoms with Crippen molar-refractivity contribution in [1.29, 1.82) is 0 Å². The fourth-order valence-corrected chi connectivity index (χ4v) is 4.11. The third-order valence-electron chi connectivity index (χ3n) is 6.04. The summed E-state index contributed by atoms with van der Waals surface area (Å²) in [5.74, 6) is -0.655. The molecule has 6 heteroatoms. The lowest BCUT2D eigenvalue weighted by Gasteiger charge is -2.24. The summed E-state index contributed by atoms with van der Waals surface area (Å²) in [6.45, 7) is 4.16. The maximum absolute atomic E-state index is 13.3. The first-order chi connectivity index (χ1) is 17.5. The molecule has 1 unspecified atom stereocenters. The zero-order valence-corrected chi connectivity index (χ0v) is 21.0. The van der Waals surface area contributed by atoms with Gasteiger partial charge in [-0.3, -0.25) is 14.9 Å². The van der Waals surface area contributed by atoms with E-state index in [2.05, 4.69) is 5.32 Å². The van der Waals surface area contributed by atoms with E-state index < -0.39 is 24.0 Å². The van der Waals surface area contributed by atoms with Crippen LogP contribution in [0.15, 0.2) is 78.9 Å². The largest absolute Gasteiger partial charge is 0.508 e. The van der Waals surface area contributed by atoms with Crippen molar-refractivity contribution in [1.82, 2.24) is 5.32 Å². The first kappa shape index (κ1) is 27.0. The Morgan fingerprint density at radius 2 is 1.44 bits per heavy atom. The number of aromatic hydroxyl groups is 1. The van der Waals surface area contributed by atoms with E-state index in [0.29, 0.717) is 25.7 Å². The smallest absolute Gasteiger partial charge is 0.323 e. The fraction of sp³-hybridized carbons (Fsp3) is 0.333. The molecular weight excluding hydrogens is 454 g/mol. The van der Waals surface area contributed by atoms with Crippen LogP contribution in [-0.2, 0) is 44.9 Å². The van der Waals surface area contributed by atoms with Crippen LogP contribution in [0.3, 0.4) is 0 Å². The molecule has 0 heterocycles. The molecule has 0 bridgehead atoms. The number of phenolic OH excluding ortho intramolecular Hbond substituents is 1. The number of hydrogen-bond acceptors (Lipinski definition) is 6. The van der Waals surface area contributed by atoms with Gasteiger partial charge < -0.3 is 14.6 Å². The SMILES string of the molecule is CCOC(=O)C(CCc1ccccc1)N[C@@H](Cc1ccc(O)cc1CC)C(=O)OCc1ccccc1. The molecule has 3 aromatic rings. The number of nitrogens with one attached hydrogen (secondary N) is 1. The van der Waals surface area contributed by atoms with Gasteiger partial charge in [-0.2, -0.15) is 0 Å². The Kier molecular flexibility index (Phi) is 10.5. The number of hydrogen-bond donors (Lipinski definition) is 2. The summed E-state index contributed by atoms with van der Waals surface area (Å²) in [4.78, 5) is 26.1. The molecule has 0 aliphatic carbocycles. The Bertz CT molecular complexity index is 1100. The standard InChI is InChI=1S/C30H35NO5/c1-3-24-19-26(32)17-16-25(24)20-28(30(34)36-21-23-13-9-6-10-14-23)31-27(29(33)35-4-2)18-15-22-11-7-5-8-12-22/h5-14,16-17,19,27-28,31-32H,3-4,15,18,20-21H2,1-2H3/t27?,28-/m0/s1. The van der Waals surface area contributed by atoms with E-state index in [-0.39, 0.29) is 19.0 Å². The van der Waals surface area contributed by atoms with Crippen molar-refractivity contribution in [2.24, 2.45) is 0 Å². The van der Waals surface area contributed by atoms with Gasteiger partial charge in [0.2, 0.25) is 0 Å². The minimum absolute atomic E-state index is 0.141. The molecule has 0 radical (unpaired) electrons. The summed E-state index contributed by atoms with van der Waals surface area (Å²) in [7, 11) is 0. The third kappa shape index (κ3) is 8.24. The number of benzene rings is 3. The van der Waals surface area contributed by atoms with Crippen molar-refractivity contribution in [3.63, 3.8) is 0 Å². The van der Waals surface area contributed by atoms with E-state index in [9.17, 15) is 14.7 Å². The highest BCUT2D eigenvalue weighted by molar-refractivity contribution is 5.80. The highest BCUT2D eigenvalue weighted by Gasteiger charge is 2.29. The van der Waals surface area contributed by atoms with Crippen LogP contribution >= 0.6 is 0 Å². The minimum atomic E-state index is -0.770. The monoisotopic (exact) mass is 489 g/mol. The molecule has 0 spiro atoms. The first-order valence-corrected chi connectivity index (χ1v) is 12.5. The van der Waals surface area contributed by atoms with Crippen LogP contribution in [0, 0.1) is 0 Å². The summed E-state index contributed by atoms with van der Waals surface area (Å²) < 4.78 is 11.0. The average Bonchev–Trinajstić information content (AvgIpc) is 2.91. The van der Waals surface area contributed by atoms with Gasteiger partial charge in [-0.05, 0) is 67.0 Å². The lowest BCUT2D eigenvalue weighted by Crippen LogP contribution is -2.49. The number of phenols is 1. The van der Waals surface area contributed by atoms with E-state index in [1.54, 1.807) is 19.1 Å². The maximum Gasteiger partial charge on any atom is 0.323 e. The lowest BCUT2D eigenvalue weighted by molar-refractivity contribution is -0.150. The second kappa shape index (κ2) is 14.0. The molecule has 2 N–H and O–H groups in total. The zero-order chi connectivity index (χ0) is 25.8. The molecule has 0 aliphatic rings. The molecular formula is C30H35NO5. The molecule has 0 saturated carbocycles. The molecule has 0 aromatic heterocycles. The molecule has 0 saturated heterocycles. The van der Waals surface area contributed by atoms with Gasteiger partial charge in [0, 0.05) is 0 Å². The number of rotatable bonds is 13. The molecule has 0 aliphatic heterocycles. The molecule has 190 valence electrons. The zero-order valence-electron chi connectivity index (χ0n) is 21.0. The van der Waals surface area contributed by atoms with Gasteiger partial charge in [-0.15, -0.1) is 0 Å². The predicted octanol–water partition coefficient (Wildman–Crippen LogP) is 4.76. The van der Waals surface area contributed by atoms with Crippen LogP contribution in [0.1, 0.15) is 42.5 Å². The van der Waals surface area contributed by atoms with E-state index in [0.717, 1.165) is 22.3 Å². The van der Waals surface area contributed by atoms with Gasteiger partial charge >= 0.3 is 11.9 Å². The van der Waals surface area contributed by atoms with Gasteiger partial charge in [0.15, 0.2) is 0 Å². The Morgan fingerprint density at radius 3 is 2.08 bits per heavy atom. The van der Waals surface area contributed by atoms with Crippen LogP contribution in [0.4, 0.5) is 0 Å². The van der Waals surface area contributed by atoms with Crippen LogP contribution < -0.4 is 5.32 Å². The number of carbonyl (C=O) groups excluding carboxylic acids is 2. The molecule has 3 aromatic carbocycles. The molecule has 6 nitrogen and oxygen atoms in total. The van der Waals surface area contributed by atoms with Crippen molar-refractivity contribution < 1.29 is 24.2 Å². The van der Waals surface area contributed by atoms with Crippen molar-refractivity contribution >= 4 is 11.9 Å². The summed E-state index contributed by atoms with van der Waals surface area (Å²) >= 11 is 0. The normalized spacial score (nSPS) is 12.5. The van der Waals surface area contributed by atoms with Crippen LogP contribution in [0.5, 0.6) is 5.75 Å². The average molecular weight is 490 g/mol. The maximum atomic E-state index is 13.3. The van der Waals surface area contributed by atoms with Gasteiger partial charge in [-0.1, -0.05) is 73.7 Å². The van der Waals surface area contributed by atoms with E-state index in [1.165, 1.54) is 0 Å². The summed E-state index contributed by atoms with van der Waals surface area (Å²) in [6, 6.07) is 23.1. The predicted molar refractivity (Wildman–Crippen MR) is 140 cm³/mol. The highest BCUT2D eigenvalue weighted by Crippen LogP contribution is 2.20. The number of carbonyl (C=O) groups is 2. The summed E-state index contributed by atoms with van der Waals surface area (Å²) in [5, 5.41) is 13.2. The first-order valence-electron chi connectivity index (χ1n) is 12.5. The van der Waals surface area contributed by atoms with E-state index in [4.69, 9.17) is 9.47 Å². The second-order valence-corrected chi connectivity index (χ2v) is 8.65. The molecule has 0 fully saturated rings. The number of ether oxygens (including phenoxy) is 2. The Morgan fingerprint density at radius 1 is 0.806 bits per heavy atom. The topological polar surface area (TPSA) is 84.9 Å². The fourth-order valence-electron chi connectivity index (χ4n) is 4.11. The third-order valence-corrected chi connectivity index (χ3v) is 6.04. The number of esters is 2. The van der Waals surface area contributed by atoms with Gasteiger partial charge in [0.25, 0.3) is 0 Å². The summed E-state index contributed by atoms with van der Waals surface area (Å²) in [5.41, 5.74) is 3.84. The Labute approximate surface area is 213 Å². The van der Waals surface area contributed by atoms with Crippen molar-refractivity contribution in [2.75, 3.05) is 6.61 Å². The van der Waals surface area contributed by atoms with Crippen molar-refractivity contribution in [3.8, 4) is 5.75 Å². The summed E-state index contributed by atoms with van der Waals surface area (Å²) in [6.07, 6.45) is 2.15. The minimum Gasteiger partial charge on any atom is -0.508 e. The molecule has 3 rings (SSSR count). The molecule has 2 atom stereocenters. The van der Waals surface area contributed by atoms with Crippen LogP contribution in [0.25, 0.3) is 0 Å². The highest BCUT2D eigenvalue weighted by atomic mass is 16.5. The Balaban J connectivity index is 1.81. The molecule has 36 heavy (non-hydrogen) atoms. The van der Waals surface area contributed by atoms with Crippen molar-refractivity contribution in [3.05, 3.63) is 101 Å². The van der Waals surface area contributed by atoms with Gasteiger partial charge in [-0.25, -0.2) is 0 Å². The van der Waals surface area contributed by atoms with Crippen LogP contribution in [-0.4, -0.2) is 35.7 Å². The second-order valence-electron chi connectivity index (χ2n) is 8.65. The molecule has 0 amide bonds. The number of aryl methyl sites for hydroxylation is 2. The van der Waals surface area contributed by atoms with Gasteiger partial charge in [0.05, 0.1) is 6.61 Å². The van der Waals surface area contributed by atoms with E-state index >= 15 is 0 Å². The van der Waals surface area contributed by atoms with Crippen LogP contribution in [0.2, 0.25) is 0 Å². The van der Waals surface area contributed by atoms with Gasteiger partial charge in [0.1, 0.15) is 24.4 Å². The van der Waals surface area contributed by atoms with E-state index in [1.807, 2.05) is 73.7 Å². The quantitative estimate of drug-likeness (QED) is 0.337. The Hall–Kier alpha value is -3.64. The lowest BCUT2D eigenvalue weighted by atomic mass is 9.97.